The molecular weight excluding hydrogens is 360 g/mol. The smallest absolute Gasteiger partial charge is 0.270 e. The lowest BCUT2D eigenvalue weighted by Gasteiger charge is -2.33. The molecule has 0 aliphatic carbocycles. The van der Waals surface area contributed by atoms with Gasteiger partial charge in [-0.3, -0.25) is 9.59 Å². The van der Waals surface area contributed by atoms with Crippen LogP contribution in [-0.2, 0) is 4.74 Å². The number of morpholine rings is 1. The van der Waals surface area contributed by atoms with Crippen molar-refractivity contribution in [3.05, 3.63) is 57.8 Å². The molecule has 0 unspecified atom stereocenters. The third kappa shape index (κ3) is 3.54. The van der Waals surface area contributed by atoms with E-state index < -0.39 is 0 Å². The van der Waals surface area contributed by atoms with Crippen molar-refractivity contribution in [2.24, 2.45) is 0 Å². The maximum absolute atomic E-state index is 12.6. The van der Waals surface area contributed by atoms with Gasteiger partial charge in [0.15, 0.2) is 5.78 Å². The van der Waals surface area contributed by atoms with E-state index in [4.69, 9.17) is 4.74 Å². The molecule has 1 aromatic carbocycles. The van der Waals surface area contributed by atoms with Crippen LogP contribution in [0.5, 0.6) is 0 Å². The molecule has 0 spiro atoms. The van der Waals surface area contributed by atoms with Crippen LogP contribution in [0.15, 0.2) is 41.0 Å². The van der Waals surface area contributed by atoms with E-state index in [1.165, 1.54) is 6.92 Å². The first-order valence-corrected chi connectivity index (χ1v) is 8.19. The molecule has 0 bridgehead atoms. The highest BCUT2D eigenvalue weighted by Crippen LogP contribution is 2.24. The van der Waals surface area contributed by atoms with E-state index in [0.29, 0.717) is 31.0 Å². The number of carbonyl (C=O) groups is 2. The van der Waals surface area contributed by atoms with Gasteiger partial charge in [-0.15, -0.1) is 0 Å². The SMILES string of the molecule is CC(=O)c1c[nH]c(C(=O)N2CCO[C@H](c3ccc(Br)cc3)C2)c1. The lowest BCUT2D eigenvalue weighted by atomic mass is 10.1. The standard InChI is InChI=1S/C17H17BrN2O3/c1-11(21)13-8-15(19-9-13)17(22)20-6-7-23-16(10-20)12-2-4-14(18)5-3-12/h2-5,8-9,16,19H,6-7,10H2,1H3/t16-/m0/s1. The van der Waals surface area contributed by atoms with Crippen LogP contribution in [0.25, 0.3) is 0 Å². The summed E-state index contributed by atoms with van der Waals surface area (Å²) in [5.41, 5.74) is 2.00. The predicted octanol–water partition coefficient (Wildman–Crippen LogP) is 3.19. The minimum absolute atomic E-state index is 0.0602. The second-order valence-electron chi connectivity index (χ2n) is 5.52. The number of aromatic amines is 1. The molecule has 1 saturated heterocycles. The lowest BCUT2D eigenvalue weighted by Crippen LogP contribution is -2.42. The second-order valence-corrected chi connectivity index (χ2v) is 6.44. The molecule has 1 amide bonds. The van der Waals surface area contributed by atoms with Gasteiger partial charge in [0.25, 0.3) is 5.91 Å². The van der Waals surface area contributed by atoms with E-state index in [-0.39, 0.29) is 17.8 Å². The van der Waals surface area contributed by atoms with Crippen LogP contribution in [0, 0.1) is 0 Å². The number of benzene rings is 1. The van der Waals surface area contributed by atoms with Crippen LogP contribution in [0.4, 0.5) is 0 Å². The summed E-state index contributed by atoms with van der Waals surface area (Å²) in [6.45, 7) is 3.01. The van der Waals surface area contributed by atoms with E-state index in [1.807, 2.05) is 24.3 Å². The lowest BCUT2D eigenvalue weighted by molar-refractivity contribution is -0.0230. The minimum atomic E-state index is -0.136. The summed E-state index contributed by atoms with van der Waals surface area (Å²) < 4.78 is 6.80. The highest BCUT2D eigenvalue weighted by Gasteiger charge is 2.27. The third-order valence-corrected chi connectivity index (χ3v) is 4.44. The summed E-state index contributed by atoms with van der Waals surface area (Å²) in [6.07, 6.45) is 1.44. The Kier molecular flexibility index (Phi) is 4.63. The number of hydrogen-bond acceptors (Lipinski definition) is 3. The fourth-order valence-corrected chi connectivity index (χ4v) is 2.87. The van der Waals surface area contributed by atoms with Gasteiger partial charge in [-0.05, 0) is 30.7 Å². The number of nitrogens with one attached hydrogen (secondary N) is 1. The highest BCUT2D eigenvalue weighted by atomic mass is 79.9. The Morgan fingerprint density at radius 2 is 2.04 bits per heavy atom. The van der Waals surface area contributed by atoms with Crippen molar-refractivity contribution in [2.45, 2.75) is 13.0 Å². The number of hydrogen-bond donors (Lipinski definition) is 1. The van der Waals surface area contributed by atoms with Crippen molar-refractivity contribution in [1.82, 2.24) is 9.88 Å². The molecular formula is C17H17BrN2O3. The monoisotopic (exact) mass is 376 g/mol. The van der Waals surface area contributed by atoms with Gasteiger partial charge in [-0.25, -0.2) is 0 Å². The van der Waals surface area contributed by atoms with E-state index in [1.54, 1.807) is 17.2 Å². The highest BCUT2D eigenvalue weighted by molar-refractivity contribution is 9.10. The van der Waals surface area contributed by atoms with Gasteiger partial charge in [-0.1, -0.05) is 28.1 Å². The van der Waals surface area contributed by atoms with Crippen molar-refractivity contribution in [1.29, 1.82) is 0 Å². The van der Waals surface area contributed by atoms with Crippen molar-refractivity contribution in [3.8, 4) is 0 Å². The van der Waals surface area contributed by atoms with Crippen molar-refractivity contribution in [2.75, 3.05) is 19.7 Å². The first kappa shape index (κ1) is 16.0. The molecule has 2 aromatic rings. The Morgan fingerprint density at radius 3 is 2.70 bits per heavy atom. The fourth-order valence-electron chi connectivity index (χ4n) is 2.60. The average Bonchev–Trinajstić information content (AvgIpc) is 3.05. The molecule has 5 nitrogen and oxygen atoms in total. The molecule has 6 heteroatoms. The van der Waals surface area contributed by atoms with Crippen LogP contribution in [-0.4, -0.2) is 41.3 Å². The molecule has 1 aromatic heterocycles. The molecule has 1 fully saturated rings. The maximum atomic E-state index is 12.6. The molecule has 1 N–H and O–H groups in total. The third-order valence-electron chi connectivity index (χ3n) is 3.92. The van der Waals surface area contributed by atoms with Crippen LogP contribution >= 0.6 is 15.9 Å². The topological polar surface area (TPSA) is 62.4 Å². The zero-order valence-corrected chi connectivity index (χ0v) is 14.3. The summed E-state index contributed by atoms with van der Waals surface area (Å²) in [6, 6.07) is 9.51. The first-order valence-electron chi connectivity index (χ1n) is 7.40. The van der Waals surface area contributed by atoms with Gasteiger partial charge in [0.05, 0.1) is 13.2 Å². The van der Waals surface area contributed by atoms with Crippen LogP contribution in [0.3, 0.4) is 0 Å². The van der Waals surface area contributed by atoms with Gasteiger partial charge in [0.2, 0.25) is 0 Å². The number of aromatic nitrogens is 1. The summed E-state index contributed by atoms with van der Waals surface area (Å²) >= 11 is 3.41. The Bertz CT molecular complexity index is 724. The number of Topliss-reactive ketones (excluding diaryl/α,β-unsaturated/α-hetero) is 1. The number of ketones is 1. The number of halogens is 1. The van der Waals surface area contributed by atoms with Crippen molar-refractivity contribution < 1.29 is 14.3 Å². The minimum Gasteiger partial charge on any atom is -0.370 e. The normalized spacial score (nSPS) is 18.0. The Hall–Kier alpha value is -1.92. The fraction of sp³-hybridized carbons (Fsp3) is 0.294. The van der Waals surface area contributed by atoms with E-state index in [2.05, 4.69) is 20.9 Å². The van der Waals surface area contributed by atoms with Gasteiger partial charge in [-0.2, -0.15) is 0 Å². The molecule has 23 heavy (non-hydrogen) atoms. The van der Waals surface area contributed by atoms with E-state index in [9.17, 15) is 9.59 Å². The van der Waals surface area contributed by atoms with Gasteiger partial charge in [0, 0.05) is 22.8 Å². The van der Waals surface area contributed by atoms with E-state index in [0.717, 1.165) is 10.0 Å². The summed E-state index contributed by atoms with van der Waals surface area (Å²) in [7, 11) is 0. The summed E-state index contributed by atoms with van der Waals surface area (Å²) in [5.74, 6) is -0.169. The maximum Gasteiger partial charge on any atom is 0.270 e. The number of nitrogens with zero attached hydrogens (tertiary/aromatic N) is 1. The van der Waals surface area contributed by atoms with Gasteiger partial charge < -0.3 is 14.6 Å². The molecule has 1 aliphatic heterocycles. The Balaban J connectivity index is 1.73. The van der Waals surface area contributed by atoms with Gasteiger partial charge >= 0.3 is 0 Å². The number of ether oxygens (including phenoxy) is 1. The van der Waals surface area contributed by atoms with Crippen molar-refractivity contribution >= 4 is 27.6 Å². The molecule has 1 atom stereocenters. The number of H-pyrrole nitrogens is 1. The largest absolute Gasteiger partial charge is 0.370 e. The Labute approximate surface area is 142 Å². The van der Waals surface area contributed by atoms with Crippen LogP contribution in [0.1, 0.15) is 39.4 Å². The second kappa shape index (κ2) is 6.68. The molecule has 0 saturated carbocycles. The molecule has 2 heterocycles. The first-order chi connectivity index (χ1) is 11.0. The summed E-state index contributed by atoms with van der Waals surface area (Å²) in [4.78, 5) is 28.6. The Morgan fingerprint density at radius 1 is 1.30 bits per heavy atom. The van der Waals surface area contributed by atoms with E-state index >= 15 is 0 Å². The quantitative estimate of drug-likeness (QED) is 0.836. The molecule has 120 valence electrons. The zero-order valence-electron chi connectivity index (χ0n) is 12.7. The predicted molar refractivity (Wildman–Crippen MR) is 89.5 cm³/mol. The molecule has 0 radical (unpaired) electrons. The number of rotatable bonds is 3. The molecule has 3 rings (SSSR count). The average molecular weight is 377 g/mol. The van der Waals surface area contributed by atoms with Gasteiger partial charge in [0.1, 0.15) is 11.8 Å². The van der Waals surface area contributed by atoms with Crippen molar-refractivity contribution in [3.63, 3.8) is 0 Å². The van der Waals surface area contributed by atoms with Crippen LogP contribution < -0.4 is 0 Å². The summed E-state index contributed by atoms with van der Waals surface area (Å²) in [5, 5.41) is 0. The van der Waals surface area contributed by atoms with Crippen LogP contribution in [0.2, 0.25) is 0 Å². The zero-order chi connectivity index (χ0) is 16.4. The number of amides is 1. The molecule has 1 aliphatic rings. The number of carbonyl (C=O) groups excluding carboxylic acids is 2.